The van der Waals surface area contributed by atoms with Crippen LogP contribution in [0, 0.1) is 13.8 Å². The Bertz CT molecular complexity index is 828. The van der Waals surface area contributed by atoms with Gasteiger partial charge in [-0.2, -0.15) is 0 Å². The van der Waals surface area contributed by atoms with Crippen LogP contribution in [0.2, 0.25) is 0 Å². The molecule has 0 aliphatic heterocycles. The van der Waals surface area contributed by atoms with Crippen molar-refractivity contribution in [3.63, 3.8) is 0 Å². The van der Waals surface area contributed by atoms with Crippen LogP contribution in [0.5, 0.6) is 5.75 Å². The van der Waals surface area contributed by atoms with Gasteiger partial charge in [-0.3, -0.25) is 4.79 Å². The van der Waals surface area contributed by atoms with Crippen molar-refractivity contribution >= 4 is 6.29 Å². The van der Waals surface area contributed by atoms with Crippen LogP contribution in [0.15, 0.2) is 66.7 Å². The van der Waals surface area contributed by atoms with E-state index in [1.165, 1.54) is 0 Å². The first-order chi connectivity index (χ1) is 11.7. The maximum absolute atomic E-state index is 11.0. The van der Waals surface area contributed by atoms with Gasteiger partial charge in [0.1, 0.15) is 18.6 Å². The summed E-state index contributed by atoms with van der Waals surface area (Å²) in [6.45, 7) is 4.67. The Balaban J connectivity index is 1.87. The summed E-state index contributed by atoms with van der Waals surface area (Å²) in [6.07, 6.45) is 0.876. The van der Waals surface area contributed by atoms with Crippen molar-refractivity contribution in [2.75, 3.05) is 0 Å². The molecule has 3 rings (SSSR count). The predicted molar refractivity (Wildman–Crippen MR) is 97.5 cm³/mol. The molecule has 3 aromatic rings. The van der Waals surface area contributed by atoms with Crippen LogP contribution in [0.25, 0.3) is 11.1 Å². The molecule has 3 aromatic carbocycles. The Kier molecular flexibility index (Phi) is 4.76. The van der Waals surface area contributed by atoms with Gasteiger partial charge in [0, 0.05) is 5.56 Å². The summed E-state index contributed by atoms with van der Waals surface area (Å²) in [5, 5.41) is 0. The van der Waals surface area contributed by atoms with E-state index in [-0.39, 0.29) is 0 Å². The van der Waals surface area contributed by atoms with Crippen molar-refractivity contribution in [1.82, 2.24) is 0 Å². The molecule has 0 N–H and O–H groups in total. The molecule has 120 valence electrons. The standard InChI is InChI=1S/C22H20O2/c1-16-11-21(20-10-6-9-19(13-20)14-23)12-17(2)22(16)24-15-18-7-4-3-5-8-18/h3-14H,15H2,1-2H3. The van der Waals surface area contributed by atoms with Crippen LogP contribution in [0.3, 0.4) is 0 Å². The maximum atomic E-state index is 11.0. The smallest absolute Gasteiger partial charge is 0.150 e. The van der Waals surface area contributed by atoms with E-state index in [1.807, 2.05) is 42.5 Å². The first kappa shape index (κ1) is 16.0. The van der Waals surface area contributed by atoms with Gasteiger partial charge in [0.25, 0.3) is 0 Å². The molecule has 0 radical (unpaired) electrons. The van der Waals surface area contributed by atoms with Crippen LogP contribution in [0.1, 0.15) is 27.0 Å². The highest BCUT2D eigenvalue weighted by molar-refractivity contribution is 5.79. The fourth-order valence-electron chi connectivity index (χ4n) is 2.87. The average molecular weight is 316 g/mol. The van der Waals surface area contributed by atoms with Gasteiger partial charge in [-0.05, 0) is 59.9 Å². The molecular weight excluding hydrogens is 296 g/mol. The quantitative estimate of drug-likeness (QED) is 0.592. The average Bonchev–Trinajstić information content (AvgIpc) is 2.62. The summed E-state index contributed by atoms with van der Waals surface area (Å²) in [6, 6.07) is 22.0. The highest BCUT2D eigenvalue weighted by Gasteiger charge is 2.09. The normalized spacial score (nSPS) is 10.4. The van der Waals surface area contributed by atoms with E-state index in [0.29, 0.717) is 12.2 Å². The molecule has 0 unspecified atom stereocenters. The van der Waals surface area contributed by atoms with Crippen molar-refractivity contribution in [1.29, 1.82) is 0 Å². The Labute approximate surface area is 142 Å². The number of carbonyl (C=O) groups is 1. The number of benzene rings is 3. The number of hydrogen-bond acceptors (Lipinski definition) is 2. The summed E-state index contributed by atoms with van der Waals surface area (Å²) in [5.74, 6) is 0.925. The van der Waals surface area contributed by atoms with E-state index < -0.39 is 0 Å². The molecule has 0 aliphatic carbocycles. The number of ether oxygens (including phenoxy) is 1. The Morgan fingerprint density at radius 1 is 0.833 bits per heavy atom. The highest BCUT2D eigenvalue weighted by atomic mass is 16.5. The van der Waals surface area contributed by atoms with Gasteiger partial charge >= 0.3 is 0 Å². The lowest BCUT2D eigenvalue weighted by molar-refractivity contribution is 0.112. The zero-order valence-corrected chi connectivity index (χ0v) is 14.0. The lowest BCUT2D eigenvalue weighted by Crippen LogP contribution is -1.99. The molecule has 0 fully saturated rings. The van der Waals surface area contributed by atoms with Crippen LogP contribution in [-0.2, 0) is 6.61 Å². The monoisotopic (exact) mass is 316 g/mol. The number of aldehydes is 1. The topological polar surface area (TPSA) is 26.3 Å². The highest BCUT2D eigenvalue weighted by Crippen LogP contribution is 2.31. The molecule has 2 nitrogen and oxygen atoms in total. The molecule has 0 aliphatic rings. The van der Waals surface area contributed by atoms with Crippen molar-refractivity contribution in [3.8, 4) is 16.9 Å². The minimum absolute atomic E-state index is 0.558. The first-order valence-corrected chi connectivity index (χ1v) is 8.01. The fraction of sp³-hybridized carbons (Fsp3) is 0.136. The zero-order valence-electron chi connectivity index (χ0n) is 14.0. The molecule has 0 spiro atoms. The Morgan fingerprint density at radius 3 is 2.21 bits per heavy atom. The van der Waals surface area contributed by atoms with Gasteiger partial charge in [0.05, 0.1) is 0 Å². The van der Waals surface area contributed by atoms with E-state index in [4.69, 9.17) is 4.74 Å². The number of hydrogen-bond donors (Lipinski definition) is 0. The third kappa shape index (κ3) is 3.54. The lowest BCUT2D eigenvalue weighted by atomic mass is 9.98. The van der Waals surface area contributed by atoms with Crippen molar-refractivity contribution in [2.45, 2.75) is 20.5 Å². The Hall–Kier alpha value is -2.87. The van der Waals surface area contributed by atoms with Gasteiger partial charge in [0.15, 0.2) is 0 Å². The molecule has 24 heavy (non-hydrogen) atoms. The molecule has 0 saturated heterocycles. The fourth-order valence-corrected chi connectivity index (χ4v) is 2.87. The second-order valence-corrected chi connectivity index (χ2v) is 5.96. The van der Waals surface area contributed by atoms with Crippen molar-refractivity contribution < 1.29 is 9.53 Å². The van der Waals surface area contributed by atoms with E-state index >= 15 is 0 Å². The summed E-state index contributed by atoms with van der Waals surface area (Å²) < 4.78 is 6.03. The SMILES string of the molecule is Cc1cc(-c2cccc(C=O)c2)cc(C)c1OCc1ccccc1. The van der Waals surface area contributed by atoms with Crippen LogP contribution in [-0.4, -0.2) is 6.29 Å². The zero-order chi connectivity index (χ0) is 16.9. The molecule has 0 bridgehead atoms. The van der Waals surface area contributed by atoms with E-state index in [9.17, 15) is 4.79 Å². The molecule has 0 heterocycles. The third-order valence-corrected chi connectivity index (χ3v) is 4.04. The minimum Gasteiger partial charge on any atom is -0.488 e. The van der Waals surface area contributed by atoms with Gasteiger partial charge in [-0.15, -0.1) is 0 Å². The van der Waals surface area contributed by atoms with Gasteiger partial charge in [-0.1, -0.05) is 48.5 Å². The van der Waals surface area contributed by atoms with E-state index in [0.717, 1.165) is 39.9 Å². The number of rotatable bonds is 5. The van der Waals surface area contributed by atoms with Crippen molar-refractivity contribution in [3.05, 3.63) is 89.0 Å². The Morgan fingerprint density at radius 2 is 1.54 bits per heavy atom. The van der Waals surface area contributed by atoms with Gasteiger partial charge in [0.2, 0.25) is 0 Å². The molecule has 0 saturated carbocycles. The van der Waals surface area contributed by atoms with Crippen LogP contribution < -0.4 is 4.74 Å². The number of carbonyl (C=O) groups excluding carboxylic acids is 1. The van der Waals surface area contributed by atoms with Gasteiger partial charge in [-0.25, -0.2) is 0 Å². The summed E-state index contributed by atoms with van der Waals surface area (Å²) in [5.41, 5.74) is 6.17. The summed E-state index contributed by atoms with van der Waals surface area (Å²) in [4.78, 5) is 11.0. The lowest BCUT2D eigenvalue weighted by Gasteiger charge is -2.14. The largest absolute Gasteiger partial charge is 0.488 e. The minimum atomic E-state index is 0.558. The van der Waals surface area contributed by atoms with E-state index in [1.54, 1.807) is 0 Å². The molecule has 2 heteroatoms. The van der Waals surface area contributed by atoms with Crippen molar-refractivity contribution in [2.24, 2.45) is 0 Å². The van der Waals surface area contributed by atoms with E-state index in [2.05, 4.69) is 38.1 Å². The second-order valence-electron chi connectivity index (χ2n) is 5.96. The third-order valence-electron chi connectivity index (χ3n) is 4.04. The van der Waals surface area contributed by atoms with Crippen LogP contribution in [0.4, 0.5) is 0 Å². The summed E-state index contributed by atoms with van der Waals surface area (Å²) in [7, 11) is 0. The summed E-state index contributed by atoms with van der Waals surface area (Å²) >= 11 is 0. The number of aryl methyl sites for hydroxylation is 2. The van der Waals surface area contributed by atoms with Gasteiger partial charge < -0.3 is 4.74 Å². The molecule has 0 aromatic heterocycles. The van der Waals surface area contributed by atoms with Crippen LogP contribution >= 0.6 is 0 Å². The molecule has 0 amide bonds. The molecule has 0 atom stereocenters. The molecular formula is C22H20O2. The maximum Gasteiger partial charge on any atom is 0.150 e. The predicted octanol–water partition coefficient (Wildman–Crippen LogP) is 5.36. The second kappa shape index (κ2) is 7.14. The first-order valence-electron chi connectivity index (χ1n) is 8.01.